The van der Waals surface area contributed by atoms with Crippen molar-refractivity contribution in [2.75, 3.05) is 37.5 Å². The van der Waals surface area contributed by atoms with Gasteiger partial charge >= 0.3 is 0 Å². The van der Waals surface area contributed by atoms with Crippen LogP contribution in [0, 0.1) is 0 Å². The molecule has 1 aromatic carbocycles. The molecule has 6 heteroatoms. The average Bonchev–Trinajstić information content (AvgIpc) is 2.43. The number of nitrogens with one attached hydrogen (secondary N) is 2. The van der Waals surface area contributed by atoms with Crippen LogP contribution in [0.5, 0.6) is 0 Å². The lowest BCUT2D eigenvalue weighted by molar-refractivity contribution is -0.116. The number of nitrogens with zero attached hydrogens (tertiary/aromatic N) is 1. The number of amides is 1. The molecule has 0 aliphatic heterocycles. The monoisotopic (exact) mass is 295 g/mol. The minimum Gasteiger partial charge on any atom is -0.385 e. The predicted molar refractivity (Wildman–Crippen MR) is 86.2 cm³/mol. The molecule has 0 saturated carbocycles. The third kappa shape index (κ3) is 5.54. The summed E-state index contributed by atoms with van der Waals surface area (Å²) in [6.07, 6.45) is 0.903. The van der Waals surface area contributed by atoms with Gasteiger partial charge in [-0.15, -0.1) is 0 Å². The number of carbonyl (C=O) groups excluding carboxylic acids is 1. The summed E-state index contributed by atoms with van der Waals surface area (Å²) in [6, 6.07) is 7.52. The quantitative estimate of drug-likeness (QED) is 0.621. The van der Waals surface area contributed by atoms with Crippen LogP contribution in [0.15, 0.2) is 24.3 Å². The van der Waals surface area contributed by atoms with Gasteiger partial charge in [0, 0.05) is 45.6 Å². The van der Waals surface area contributed by atoms with E-state index in [9.17, 15) is 4.79 Å². The molecule has 2 N–H and O–H groups in total. The maximum Gasteiger partial charge on any atom is 0.223 e. The van der Waals surface area contributed by atoms with Crippen LogP contribution in [0.3, 0.4) is 0 Å². The Bertz CT molecular complexity index is 448. The lowest BCUT2D eigenvalue weighted by Crippen LogP contribution is -2.29. The second-order valence-corrected chi connectivity index (χ2v) is 4.76. The van der Waals surface area contributed by atoms with Gasteiger partial charge in [0.15, 0.2) is 5.11 Å². The second kappa shape index (κ2) is 8.50. The zero-order chi connectivity index (χ0) is 15.0. The smallest absolute Gasteiger partial charge is 0.223 e. The molecule has 0 saturated heterocycles. The summed E-state index contributed by atoms with van der Waals surface area (Å²) in [5.74, 6) is 0.000963. The van der Waals surface area contributed by atoms with Gasteiger partial charge in [-0.3, -0.25) is 4.79 Å². The fourth-order valence-corrected chi connectivity index (χ4v) is 1.76. The maximum absolute atomic E-state index is 11.2. The topological polar surface area (TPSA) is 53.6 Å². The molecule has 5 nitrogen and oxygen atoms in total. The SMILES string of the molecule is COCCCNC(=S)Nc1ccc(N(C)C(C)=O)cc1. The zero-order valence-electron chi connectivity index (χ0n) is 12.1. The largest absolute Gasteiger partial charge is 0.385 e. The molecule has 0 aliphatic rings. The van der Waals surface area contributed by atoms with E-state index in [0.717, 1.165) is 24.3 Å². The van der Waals surface area contributed by atoms with E-state index < -0.39 is 0 Å². The van der Waals surface area contributed by atoms with E-state index in [1.807, 2.05) is 24.3 Å². The van der Waals surface area contributed by atoms with Gasteiger partial charge in [0.2, 0.25) is 5.91 Å². The summed E-state index contributed by atoms with van der Waals surface area (Å²) in [7, 11) is 3.42. The van der Waals surface area contributed by atoms with Gasteiger partial charge in [-0.05, 0) is 42.9 Å². The van der Waals surface area contributed by atoms with E-state index in [1.54, 1.807) is 19.1 Å². The maximum atomic E-state index is 11.2. The Morgan fingerprint density at radius 1 is 1.35 bits per heavy atom. The first-order chi connectivity index (χ1) is 9.54. The van der Waals surface area contributed by atoms with Crippen LogP contribution in [-0.2, 0) is 9.53 Å². The fourth-order valence-electron chi connectivity index (χ4n) is 1.54. The number of anilines is 2. The molecule has 0 bridgehead atoms. The Morgan fingerprint density at radius 3 is 2.55 bits per heavy atom. The molecule has 0 atom stereocenters. The normalized spacial score (nSPS) is 9.95. The number of hydrogen-bond acceptors (Lipinski definition) is 3. The number of thiocarbonyl (C=S) groups is 1. The standard InChI is InChI=1S/C14H21N3O2S/c1-11(18)17(2)13-7-5-12(6-8-13)16-14(20)15-9-4-10-19-3/h5-8H,4,9-10H2,1-3H3,(H2,15,16,20). The lowest BCUT2D eigenvalue weighted by Gasteiger charge is -2.16. The van der Waals surface area contributed by atoms with Crippen LogP contribution in [-0.4, -0.2) is 38.3 Å². The molecular weight excluding hydrogens is 274 g/mol. The van der Waals surface area contributed by atoms with Crippen LogP contribution in [0.4, 0.5) is 11.4 Å². The Hall–Kier alpha value is -1.66. The van der Waals surface area contributed by atoms with E-state index in [4.69, 9.17) is 17.0 Å². The first-order valence-electron chi connectivity index (χ1n) is 6.42. The van der Waals surface area contributed by atoms with Gasteiger partial charge in [0.05, 0.1) is 0 Å². The molecule has 1 aromatic rings. The number of carbonyl (C=O) groups is 1. The summed E-state index contributed by atoms with van der Waals surface area (Å²) in [5.41, 5.74) is 1.73. The number of hydrogen-bond donors (Lipinski definition) is 2. The van der Waals surface area contributed by atoms with E-state index in [1.165, 1.54) is 6.92 Å². The predicted octanol–water partition coefficient (Wildman–Crippen LogP) is 1.99. The van der Waals surface area contributed by atoms with Crippen LogP contribution < -0.4 is 15.5 Å². The molecule has 1 amide bonds. The lowest BCUT2D eigenvalue weighted by atomic mass is 10.2. The molecule has 0 fully saturated rings. The molecule has 0 heterocycles. The van der Waals surface area contributed by atoms with Crippen molar-refractivity contribution in [1.29, 1.82) is 0 Å². The summed E-state index contributed by atoms with van der Waals surface area (Å²) in [4.78, 5) is 12.8. The van der Waals surface area contributed by atoms with Gasteiger partial charge in [-0.25, -0.2) is 0 Å². The van der Waals surface area contributed by atoms with Gasteiger partial charge in [0.1, 0.15) is 0 Å². The molecule has 1 rings (SSSR count). The van der Waals surface area contributed by atoms with Crippen molar-refractivity contribution in [3.05, 3.63) is 24.3 Å². The molecule has 0 aromatic heterocycles. The minimum absolute atomic E-state index is 0.000963. The third-order valence-corrected chi connectivity index (χ3v) is 3.04. The Morgan fingerprint density at radius 2 is 2.00 bits per heavy atom. The molecule has 0 unspecified atom stereocenters. The average molecular weight is 295 g/mol. The van der Waals surface area contributed by atoms with Gasteiger partial charge in [0.25, 0.3) is 0 Å². The highest BCUT2D eigenvalue weighted by atomic mass is 32.1. The number of methoxy groups -OCH3 is 1. The first kappa shape index (κ1) is 16.4. The Balaban J connectivity index is 2.45. The Labute approximate surface area is 125 Å². The summed E-state index contributed by atoms with van der Waals surface area (Å²) in [5, 5.41) is 6.77. The zero-order valence-corrected chi connectivity index (χ0v) is 12.9. The molecule has 20 heavy (non-hydrogen) atoms. The number of rotatable bonds is 6. The van der Waals surface area contributed by atoms with Crippen LogP contribution in [0.25, 0.3) is 0 Å². The second-order valence-electron chi connectivity index (χ2n) is 4.35. The van der Waals surface area contributed by atoms with Crippen molar-refractivity contribution in [1.82, 2.24) is 5.32 Å². The highest BCUT2D eigenvalue weighted by molar-refractivity contribution is 7.80. The van der Waals surface area contributed by atoms with Crippen molar-refractivity contribution in [3.8, 4) is 0 Å². The van der Waals surface area contributed by atoms with E-state index in [-0.39, 0.29) is 5.91 Å². The highest BCUT2D eigenvalue weighted by Crippen LogP contribution is 2.16. The first-order valence-corrected chi connectivity index (χ1v) is 6.83. The van der Waals surface area contributed by atoms with Gasteiger partial charge < -0.3 is 20.3 Å². The summed E-state index contributed by atoms with van der Waals surface area (Å²) in [6.45, 7) is 3.01. The minimum atomic E-state index is 0.000963. The highest BCUT2D eigenvalue weighted by Gasteiger charge is 2.05. The van der Waals surface area contributed by atoms with Gasteiger partial charge in [-0.1, -0.05) is 0 Å². The number of ether oxygens (including phenoxy) is 1. The van der Waals surface area contributed by atoms with Crippen molar-refractivity contribution < 1.29 is 9.53 Å². The van der Waals surface area contributed by atoms with Crippen molar-refractivity contribution >= 4 is 34.6 Å². The van der Waals surface area contributed by atoms with Crippen LogP contribution in [0.1, 0.15) is 13.3 Å². The Kier molecular flexibility index (Phi) is 6.97. The van der Waals surface area contributed by atoms with Crippen molar-refractivity contribution in [2.45, 2.75) is 13.3 Å². The third-order valence-electron chi connectivity index (χ3n) is 2.80. The fraction of sp³-hybridized carbons (Fsp3) is 0.429. The van der Waals surface area contributed by atoms with Crippen LogP contribution >= 0.6 is 12.2 Å². The van der Waals surface area contributed by atoms with E-state index >= 15 is 0 Å². The summed E-state index contributed by atoms with van der Waals surface area (Å²) < 4.78 is 4.96. The van der Waals surface area contributed by atoms with Gasteiger partial charge in [-0.2, -0.15) is 0 Å². The molecule has 0 radical (unpaired) electrons. The molecule has 110 valence electrons. The molecule has 0 aliphatic carbocycles. The molecular formula is C14H21N3O2S. The molecule has 0 spiro atoms. The van der Waals surface area contributed by atoms with E-state index in [2.05, 4.69) is 10.6 Å². The summed E-state index contributed by atoms with van der Waals surface area (Å²) >= 11 is 5.18. The van der Waals surface area contributed by atoms with Crippen LogP contribution in [0.2, 0.25) is 0 Å². The van der Waals surface area contributed by atoms with Crippen molar-refractivity contribution in [3.63, 3.8) is 0 Å². The van der Waals surface area contributed by atoms with Crippen molar-refractivity contribution in [2.24, 2.45) is 0 Å². The van der Waals surface area contributed by atoms with E-state index in [0.29, 0.717) is 11.7 Å². The number of benzene rings is 1.